The minimum Gasteiger partial charge on any atom is -0.335 e. The Morgan fingerprint density at radius 3 is 2.41 bits per heavy atom. The highest BCUT2D eigenvalue weighted by atomic mass is 32.2. The summed E-state index contributed by atoms with van der Waals surface area (Å²) in [4.78, 5) is 12.5. The van der Waals surface area contributed by atoms with E-state index in [1.165, 1.54) is 5.56 Å². The van der Waals surface area contributed by atoms with Crippen LogP contribution in [0, 0.1) is 0 Å². The summed E-state index contributed by atoms with van der Waals surface area (Å²) in [7, 11) is -3.14. The number of amides is 2. The molecule has 0 unspecified atom stereocenters. The lowest BCUT2D eigenvalue weighted by Gasteiger charge is -2.43. The number of sulfonamides is 1. The second kappa shape index (κ2) is 8.61. The van der Waals surface area contributed by atoms with E-state index in [-0.39, 0.29) is 23.4 Å². The number of rotatable bonds is 7. The van der Waals surface area contributed by atoms with Gasteiger partial charge in [-0.05, 0) is 50.5 Å². The summed E-state index contributed by atoms with van der Waals surface area (Å²) in [6.07, 6.45) is 5.97. The maximum absolute atomic E-state index is 12.5. The Kier molecular flexibility index (Phi) is 6.42. The van der Waals surface area contributed by atoms with E-state index in [2.05, 4.69) is 22.8 Å². The van der Waals surface area contributed by atoms with Crippen LogP contribution in [0.5, 0.6) is 0 Å². The summed E-state index contributed by atoms with van der Waals surface area (Å²) in [5.74, 6) is 0.202. The zero-order valence-corrected chi connectivity index (χ0v) is 16.9. The van der Waals surface area contributed by atoms with E-state index in [0.717, 1.165) is 25.7 Å². The molecule has 0 aromatic heterocycles. The van der Waals surface area contributed by atoms with Gasteiger partial charge in [0.2, 0.25) is 10.0 Å². The predicted octanol–water partition coefficient (Wildman–Crippen LogP) is 2.66. The molecular formula is C20H31N3O3S. The number of hydrogen-bond donors (Lipinski definition) is 2. The molecule has 0 bridgehead atoms. The van der Waals surface area contributed by atoms with E-state index in [9.17, 15) is 13.2 Å². The second-order valence-corrected chi connectivity index (χ2v) is 9.97. The Hall–Kier alpha value is -1.60. The first-order valence-electron chi connectivity index (χ1n) is 10.0. The molecular weight excluding hydrogens is 362 g/mol. The van der Waals surface area contributed by atoms with Crippen LogP contribution in [0.4, 0.5) is 4.79 Å². The third kappa shape index (κ3) is 5.23. The zero-order chi connectivity index (χ0) is 19.3. The van der Waals surface area contributed by atoms with Gasteiger partial charge in [-0.25, -0.2) is 17.5 Å². The summed E-state index contributed by atoms with van der Waals surface area (Å²) < 4.78 is 25.9. The number of carbonyl (C=O) groups is 1. The Labute approximate surface area is 162 Å². The van der Waals surface area contributed by atoms with Crippen LogP contribution in [0.2, 0.25) is 0 Å². The van der Waals surface area contributed by atoms with Gasteiger partial charge in [-0.3, -0.25) is 0 Å². The third-order valence-electron chi connectivity index (χ3n) is 5.72. The van der Waals surface area contributed by atoms with Crippen LogP contribution in [0.25, 0.3) is 0 Å². The average Bonchev–Trinajstić information content (AvgIpc) is 2.61. The number of nitrogens with zero attached hydrogens (tertiary/aromatic N) is 1. The first kappa shape index (κ1) is 20.1. The van der Waals surface area contributed by atoms with Crippen LogP contribution in [0.15, 0.2) is 30.3 Å². The Bertz CT molecular complexity index is 724. The van der Waals surface area contributed by atoms with Crippen LogP contribution < -0.4 is 10.6 Å². The van der Waals surface area contributed by atoms with E-state index in [0.29, 0.717) is 32.4 Å². The van der Waals surface area contributed by atoms with Crippen LogP contribution >= 0.6 is 0 Å². The number of benzene rings is 1. The smallest absolute Gasteiger partial charge is 0.315 e. The first-order chi connectivity index (χ1) is 12.9. The fourth-order valence-electron chi connectivity index (χ4n) is 4.06. The van der Waals surface area contributed by atoms with Gasteiger partial charge in [0.1, 0.15) is 0 Å². The van der Waals surface area contributed by atoms with Crippen molar-refractivity contribution in [1.82, 2.24) is 14.9 Å². The molecule has 1 saturated heterocycles. The molecule has 1 aromatic carbocycles. The quantitative estimate of drug-likeness (QED) is 0.747. The van der Waals surface area contributed by atoms with Crippen molar-refractivity contribution >= 4 is 16.1 Å². The van der Waals surface area contributed by atoms with Crippen molar-refractivity contribution in [2.45, 2.75) is 63.5 Å². The molecule has 2 aliphatic rings. The topological polar surface area (TPSA) is 78.5 Å². The molecule has 1 aliphatic heterocycles. The maximum atomic E-state index is 12.5. The van der Waals surface area contributed by atoms with E-state index in [4.69, 9.17) is 0 Å². The molecule has 7 heteroatoms. The number of urea groups is 1. The Balaban J connectivity index is 1.48. The second-order valence-electron chi connectivity index (χ2n) is 7.88. The monoisotopic (exact) mass is 393 g/mol. The van der Waals surface area contributed by atoms with Gasteiger partial charge in [-0.1, -0.05) is 37.3 Å². The van der Waals surface area contributed by atoms with E-state index in [1.807, 2.05) is 25.1 Å². The standard InChI is InChI=1S/C20H31N3O3S/c1-2-15-27(25,26)23-13-9-18(10-14-23)21-19(24)22-20(11-6-12-20)16-17-7-4-3-5-8-17/h3-5,7-8,18H,2,6,9-16H2,1H3,(H2,21,22,24). The van der Waals surface area contributed by atoms with Crippen molar-refractivity contribution in [3.63, 3.8) is 0 Å². The van der Waals surface area contributed by atoms with Crippen LogP contribution in [0.1, 0.15) is 51.0 Å². The van der Waals surface area contributed by atoms with Crippen LogP contribution in [-0.2, 0) is 16.4 Å². The van der Waals surface area contributed by atoms with Gasteiger partial charge in [0.05, 0.1) is 5.75 Å². The molecule has 1 aliphatic carbocycles. The van der Waals surface area contributed by atoms with E-state index >= 15 is 0 Å². The van der Waals surface area contributed by atoms with E-state index in [1.54, 1.807) is 4.31 Å². The molecule has 2 amide bonds. The van der Waals surface area contributed by atoms with Gasteiger partial charge in [0.25, 0.3) is 0 Å². The summed E-state index contributed by atoms with van der Waals surface area (Å²) in [6, 6.07) is 10.2. The van der Waals surface area contributed by atoms with Crippen molar-refractivity contribution < 1.29 is 13.2 Å². The van der Waals surface area contributed by atoms with Crippen LogP contribution in [-0.4, -0.2) is 49.2 Å². The lowest BCUT2D eigenvalue weighted by molar-refractivity contribution is 0.171. The zero-order valence-electron chi connectivity index (χ0n) is 16.1. The van der Waals surface area contributed by atoms with Gasteiger partial charge in [-0.15, -0.1) is 0 Å². The fourth-order valence-corrected chi connectivity index (χ4v) is 5.61. The maximum Gasteiger partial charge on any atom is 0.315 e. The number of nitrogens with one attached hydrogen (secondary N) is 2. The van der Waals surface area contributed by atoms with Crippen molar-refractivity contribution in [2.75, 3.05) is 18.8 Å². The largest absolute Gasteiger partial charge is 0.335 e. The Morgan fingerprint density at radius 2 is 1.85 bits per heavy atom. The summed E-state index contributed by atoms with van der Waals surface area (Å²) in [5, 5.41) is 6.27. The minimum atomic E-state index is -3.14. The third-order valence-corrected chi connectivity index (χ3v) is 7.80. The minimum absolute atomic E-state index is 0.0342. The van der Waals surface area contributed by atoms with Gasteiger partial charge >= 0.3 is 6.03 Å². The molecule has 2 fully saturated rings. The molecule has 0 atom stereocenters. The number of carbonyl (C=O) groups excluding carboxylic acids is 1. The number of hydrogen-bond acceptors (Lipinski definition) is 3. The molecule has 2 N–H and O–H groups in total. The van der Waals surface area contributed by atoms with Crippen molar-refractivity contribution in [3.05, 3.63) is 35.9 Å². The van der Waals surface area contributed by atoms with Crippen molar-refractivity contribution in [2.24, 2.45) is 0 Å². The molecule has 1 aromatic rings. The molecule has 0 radical (unpaired) electrons. The molecule has 1 heterocycles. The first-order valence-corrected chi connectivity index (χ1v) is 11.6. The van der Waals surface area contributed by atoms with Gasteiger partial charge in [0, 0.05) is 24.7 Å². The van der Waals surface area contributed by atoms with E-state index < -0.39 is 10.0 Å². The Morgan fingerprint density at radius 1 is 1.19 bits per heavy atom. The highest BCUT2D eigenvalue weighted by Crippen LogP contribution is 2.35. The fraction of sp³-hybridized carbons (Fsp3) is 0.650. The van der Waals surface area contributed by atoms with Crippen molar-refractivity contribution in [3.8, 4) is 0 Å². The highest BCUT2D eigenvalue weighted by Gasteiger charge is 2.39. The molecule has 6 nitrogen and oxygen atoms in total. The predicted molar refractivity (Wildman–Crippen MR) is 107 cm³/mol. The summed E-state index contributed by atoms with van der Waals surface area (Å²) in [5.41, 5.74) is 1.10. The lowest BCUT2D eigenvalue weighted by atomic mass is 9.73. The van der Waals surface area contributed by atoms with Crippen LogP contribution in [0.3, 0.4) is 0 Å². The molecule has 3 rings (SSSR count). The number of piperidine rings is 1. The molecule has 27 heavy (non-hydrogen) atoms. The lowest BCUT2D eigenvalue weighted by Crippen LogP contribution is -2.59. The molecule has 0 spiro atoms. The average molecular weight is 394 g/mol. The van der Waals surface area contributed by atoms with Gasteiger partial charge in [-0.2, -0.15) is 0 Å². The SMILES string of the molecule is CCCS(=O)(=O)N1CCC(NC(=O)NC2(Cc3ccccc3)CCC2)CC1. The molecule has 1 saturated carbocycles. The highest BCUT2D eigenvalue weighted by molar-refractivity contribution is 7.89. The normalized spacial score (nSPS) is 20.6. The van der Waals surface area contributed by atoms with Gasteiger partial charge in [0.15, 0.2) is 0 Å². The summed E-state index contributed by atoms with van der Waals surface area (Å²) in [6.45, 7) is 2.85. The summed E-state index contributed by atoms with van der Waals surface area (Å²) >= 11 is 0. The molecule has 150 valence electrons. The van der Waals surface area contributed by atoms with Crippen molar-refractivity contribution in [1.29, 1.82) is 0 Å². The van der Waals surface area contributed by atoms with Gasteiger partial charge < -0.3 is 10.6 Å².